The average molecular weight is 469 g/mol. The second-order valence-corrected chi connectivity index (χ2v) is 8.52. The van der Waals surface area contributed by atoms with E-state index in [1.54, 1.807) is 13.8 Å². The molecule has 34 heavy (non-hydrogen) atoms. The molecule has 0 aliphatic heterocycles. The molecule has 1 aliphatic rings. The van der Waals surface area contributed by atoms with Gasteiger partial charge < -0.3 is 25.6 Å². The minimum atomic E-state index is -1.38. The number of fused-ring (bicyclic) bond motifs is 3. The van der Waals surface area contributed by atoms with Crippen molar-refractivity contribution < 1.29 is 34.1 Å². The van der Waals surface area contributed by atoms with Crippen LogP contribution in [0.25, 0.3) is 11.1 Å². The van der Waals surface area contributed by atoms with Gasteiger partial charge in [-0.2, -0.15) is 0 Å². The van der Waals surface area contributed by atoms with Crippen LogP contribution in [-0.2, 0) is 19.1 Å². The summed E-state index contributed by atoms with van der Waals surface area (Å²) in [6.07, 6.45) is -1.48. The zero-order chi connectivity index (χ0) is 24.8. The molecule has 0 saturated heterocycles. The number of benzene rings is 2. The number of ether oxygens (including phenoxy) is 1. The van der Waals surface area contributed by atoms with Gasteiger partial charge in [0.15, 0.2) is 0 Å². The molecule has 2 atom stereocenters. The number of hydrogen-bond donors (Lipinski definition) is 4. The Hall–Kier alpha value is -3.88. The average Bonchev–Trinajstić information content (AvgIpc) is 3.12. The lowest BCUT2D eigenvalue weighted by molar-refractivity contribution is -0.143. The van der Waals surface area contributed by atoms with Crippen LogP contribution >= 0.6 is 0 Å². The number of amides is 2. The molecule has 3 rings (SSSR count). The summed E-state index contributed by atoms with van der Waals surface area (Å²) in [7, 11) is 0. The van der Waals surface area contributed by atoms with Crippen molar-refractivity contribution >= 4 is 23.9 Å². The van der Waals surface area contributed by atoms with Crippen molar-refractivity contribution in [1.82, 2.24) is 10.6 Å². The van der Waals surface area contributed by atoms with Crippen molar-refractivity contribution in [3.05, 3.63) is 59.7 Å². The summed E-state index contributed by atoms with van der Waals surface area (Å²) < 4.78 is 5.48. The normalized spacial score (nSPS) is 14.0. The Balaban J connectivity index is 1.64. The van der Waals surface area contributed by atoms with Crippen molar-refractivity contribution in [2.45, 2.75) is 44.7 Å². The maximum Gasteiger partial charge on any atom is 0.407 e. The van der Waals surface area contributed by atoms with Gasteiger partial charge in [-0.1, -0.05) is 62.4 Å². The lowest BCUT2D eigenvalue weighted by atomic mass is 9.98. The van der Waals surface area contributed by atoms with E-state index in [0.29, 0.717) is 0 Å². The van der Waals surface area contributed by atoms with Gasteiger partial charge in [-0.3, -0.25) is 9.59 Å². The molecule has 2 aromatic carbocycles. The molecule has 1 unspecified atom stereocenters. The van der Waals surface area contributed by atoms with E-state index in [9.17, 15) is 24.3 Å². The van der Waals surface area contributed by atoms with Crippen molar-refractivity contribution in [2.75, 3.05) is 6.61 Å². The third kappa shape index (κ3) is 5.72. The molecule has 1 aliphatic carbocycles. The number of rotatable bonds is 10. The molecule has 9 nitrogen and oxygen atoms in total. The van der Waals surface area contributed by atoms with Gasteiger partial charge in [0, 0.05) is 12.3 Å². The monoisotopic (exact) mass is 468 g/mol. The van der Waals surface area contributed by atoms with Gasteiger partial charge in [0.1, 0.15) is 18.7 Å². The highest BCUT2D eigenvalue weighted by molar-refractivity contribution is 5.89. The minimum absolute atomic E-state index is 0.0721. The first-order valence-corrected chi connectivity index (χ1v) is 11.1. The van der Waals surface area contributed by atoms with Gasteiger partial charge in [-0.25, -0.2) is 9.59 Å². The van der Waals surface area contributed by atoms with Crippen LogP contribution in [0.4, 0.5) is 4.79 Å². The first-order chi connectivity index (χ1) is 16.2. The summed E-state index contributed by atoms with van der Waals surface area (Å²) in [6, 6.07) is 13.4. The molecule has 0 saturated carbocycles. The molecule has 0 aromatic heterocycles. The van der Waals surface area contributed by atoms with Gasteiger partial charge >= 0.3 is 18.0 Å². The number of nitrogens with one attached hydrogen (secondary N) is 2. The summed E-state index contributed by atoms with van der Waals surface area (Å²) >= 11 is 0. The van der Waals surface area contributed by atoms with Crippen LogP contribution in [0.5, 0.6) is 0 Å². The Morgan fingerprint density at radius 3 is 1.97 bits per heavy atom. The van der Waals surface area contributed by atoms with E-state index in [0.717, 1.165) is 22.3 Å². The summed E-state index contributed by atoms with van der Waals surface area (Å²) in [5.74, 6) is -3.75. The number of aliphatic carboxylic acids is 2. The fourth-order valence-electron chi connectivity index (χ4n) is 4.09. The van der Waals surface area contributed by atoms with Gasteiger partial charge in [-0.05, 0) is 34.6 Å². The number of alkyl carbamates (subject to hydrolysis) is 1. The maximum atomic E-state index is 12.7. The summed E-state index contributed by atoms with van der Waals surface area (Å²) in [4.78, 5) is 47.4. The van der Waals surface area contributed by atoms with Crippen molar-refractivity contribution in [3.8, 4) is 11.1 Å². The highest BCUT2D eigenvalue weighted by Crippen LogP contribution is 2.44. The van der Waals surface area contributed by atoms with E-state index >= 15 is 0 Å². The fraction of sp³-hybridized carbons (Fsp3) is 0.360. The molecular formula is C25H28N2O7. The van der Waals surface area contributed by atoms with Gasteiger partial charge in [-0.15, -0.1) is 0 Å². The molecule has 4 N–H and O–H groups in total. The number of hydrogen-bond acceptors (Lipinski definition) is 5. The molecule has 0 bridgehead atoms. The quantitative estimate of drug-likeness (QED) is 0.420. The molecule has 2 amide bonds. The molecule has 180 valence electrons. The highest BCUT2D eigenvalue weighted by Gasteiger charge is 2.31. The second-order valence-electron chi connectivity index (χ2n) is 8.52. The van der Waals surface area contributed by atoms with Crippen LogP contribution in [0.15, 0.2) is 48.5 Å². The zero-order valence-electron chi connectivity index (χ0n) is 19.0. The number of carbonyl (C=O) groups is 4. The van der Waals surface area contributed by atoms with Crippen molar-refractivity contribution in [3.63, 3.8) is 0 Å². The summed E-state index contributed by atoms with van der Waals surface area (Å²) in [6.45, 7) is 3.46. The Morgan fingerprint density at radius 1 is 0.912 bits per heavy atom. The number of carbonyl (C=O) groups excluding carboxylic acids is 2. The zero-order valence-corrected chi connectivity index (χ0v) is 19.0. The van der Waals surface area contributed by atoms with Crippen LogP contribution in [0.1, 0.15) is 43.7 Å². The maximum absolute atomic E-state index is 12.7. The van der Waals surface area contributed by atoms with Crippen LogP contribution in [0.3, 0.4) is 0 Å². The molecule has 0 heterocycles. The van der Waals surface area contributed by atoms with E-state index in [1.807, 2.05) is 48.5 Å². The van der Waals surface area contributed by atoms with Crippen LogP contribution in [0.2, 0.25) is 0 Å². The standard InChI is InChI=1S/C25H28N2O7/c1-14(2)22(23(30)26-20(24(31)32)11-12-21(28)29)27-25(33)34-13-19-17-9-5-3-7-15(17)16-8-4-6-10-18(16)19/h3-10,14,19-20,22H,11-13H2,1-2H3,(H,26,30)(H,27,33)(H,28,29)(H,31,32)/t20?,22-/m0/s1. The Kier molecular flexibility index (Phi) is 7.88. The van der Waals surface area contributed by atoms with Crippen LogP contribution < -0.4 is 10.6 Å². The largest absolute Gasteiger partial charge is 0.481 e. The third-order valence-corrected chi connectivity index (χ3v) is 5.83. The first kappa shape index (κ1) is 24.8. The van der Waals surface area contributed by atoms with Crippen LogP contribution in [0, 0.1) is 5.92 Å². The van der Waals surface area contributed by atoms with E-state index in [-0.39, 0.29) is 24.9 Å². The van der Waals surface area contributed by atoms with E-state index in [2.05, 4.69) is 10.6 Å². The number of carboxylic acid groups (broad SMARTS) is 2. The predicted octanol–water partition coefficient (Wildman–Crippen LogP) is 2.98. The first-order valence-electron chi connectivity index (χ1n) is 11.1. The van der Waals surface area contributed by atoms with Gasteiger partial charge in [0.05, 0.1) is 0 Å². The van der Waals surface area contributed by atoms with Gasteiger partial charge in [0.25, 0.3) is 0 Å². The smallest absolute Gasteiger partial charge is 0.407 e. The van der Waals surface area contributed by atoms with E-state index in [1.165, 1.54) is 0 Å². The SMILES string of the molecule is CC(C)[C@H](NC(=O)OCC1c2ccccc2-c2ccccc21)C(=O)NC(CCC(=O)O)C(=O)O. The van der Waals surface area contributed by atoms with E-state index in [4.69, 9.17) is 9.84 Å². The predicted molar refractivity (Wildman–Crippen MR) is 123 cm³/mol. The molecule has 2 aromatic rings. The summed E-state index contributed by atoms with van der Waals surface area (Å²) in [5, 5.41) is 22.9. The number of carboxylic acids is 2. The molecule has 0 radical (unpaired) electrons. The minimum Gasteiger partial charge on any atom is -0.481 e. The van der Waals surface area contributed by atoms with Crippen molar-refractivity contribution in [2.24, 2.45) is 5.92 Å². The molecule has 0 fully saturated rings. The Bertz CT molecular complexity index is 1040. The lowest BCUT2D eigenvalue weighted by Crippen LogP contribution is -2.53. The van der Waals surface area contributed by atoms with E-state index < -0.39 is 42.4 Å². The Morgan fingerprint density at radius 2 is 1.47 bits per heavy atom. The highest BCUT2D eigenvalue weighted by atomic mass is 16.5. The molecule has 0 spiro atoms. The Labute approximate surface area is 197 Å². The van der Waals surface area contributed by atoms with Crippen molar-refractivity contribution in [1.29, 1.82) is 0 Å². The van der Waals surface area contributed by atoms with Crippen LogP contribution in [-0.4, -0.2) is 52.8 Å². The summed E-state index contributed by atoms with van der Waals surface area (Å²) in [5.41, 5.74) is 4.29. The molecule has 9 heteroatoms. The topological polar surface area (TPSA) is 142 Å². The third-order valence-electron chi connectivity index (χ3n) is 5.83. The lowest BCUT2D eigenvalue weighted by Gasteiger charge is -2.24. The fourth-order valence-corrected chi connectivity index (χ4v) is 4.09. The second kappa shape index (κ2) is 10.8. The van der Waals surface area contributed by atoms with Gasteiger partial charge in [0.2, 0.25) is 5.91 Å². The molecular weight excluding hydrogens is 440 g/mol.